The molecule has 0 aromatic carbocycles. The van der Waals surface area contributed by atoms with Crippen molar-refractivity contribution in [2.75, 3.05) is 13.2 Å². The van der Waals surface area contributed by atoms with Crippen molar-refractivity contribution in [1.29, 1.82) is 0 Å². The standard InChI is InChI=1S/C20H20F3N3O4S.ClH/c1-2-3-8-15-18(28)26(19(29)31-15)9-4-5-11-30-14-7-6-10-25-13(12-24-17(14)25)16(27)20(21,22)23;/h6-8,10,12H,2-5,9,11H2,1H3;1H. The van der Waals surface area contributed by atoms with Gasteiger partial charge in [-0.25, -0.2) is 4.98 Å². The molecule has 32 heavy (non-hydrogen) atoms. The van der Waals surface area contributed by atoms with E-state index in [1.54, 1.807) is 12.1 Å². The molecule has 0 atom stereocenters. The number of unbranched alkanes of at least 4 members (excludes halogenated alkanes) is 2. The van der Waals surface area contributed by atoms with E-state index in [1.807, 2.05) is 6.92 Å². The lowest BCUT2D eigenvalue weighted by Crippen LogP contribution is -2.29. The summed E-state index contributed by atoms with van der Waals surface area (Å²) < 4.78 is 44.8. The number of hydrogen-bond acceptors (Lipinski definition) is 6. The molecule has 0 spiro atoms. The molecular formula is C20H21ClF3N3O4S. The molecule has 0 saturated carbocycles. The lowest BCUT2D eigenvalue weighted by molar-refractivity contribution is -0.122. The van der Waals surface area contributed by atoms with Crippen molar-refractivity contribution in [1.82, 2.24) is 14.3 Å². The second kappa shape index (κ2) is 10.9. The van der Waals surface area contributed by atoms with Crippen LogP contribution in [-0.4, -0.2) is 50.5 Å². The van der Waals surface area contributed by atoms with Gasteiger partial charge in [0.25, 0.3) is 16.9 Å². The first-order chi connectivity index (χ1) is 14.7. The second-order valence-corrected chi connectivity index (χ2v) is 7.77. The van der Waals surface area contributed by atoms with Gasteiger partial charge in [0.05, 0.1) is 17.7 Å². The number of carbonyl (C=O) groups is 3. The zero-order valence-electron chi connectivity index (χ0n) is 17.1. The number of ketones is 1. The van der Waals surface area contributed by atoms with Crippen LogP contribution in [0.3, 0.4) is 0 Å². The number of imidazole rings is 1. The van der Waals surface area contributed by atoms with E-state index in [0.29, 0.717) is 17.7 Å². The van der Waals surface area contributed by atoms with Crippen molar-refractivity contribution in [3.63, 3.8) is 0 Å². The first kappa shape index (κ1) is 25.7. The number of ether oxygens (including phenoxy) is 1. The number of aromatic nitrogens is 2. The summed E-state index contributed by atoms with van der Waals surface area (Å²) >= 11 is 0.939. The van der Waals surface area contributed by atoms with Gasteiger partial charge in [-0.05, 0) is 43.2 Å². The van der Waals surface area contributed by atoms with Crippen LogP contribution in [0.15, 0.2) is 35.5 Å². The van der Waals surface area contributed by atoms with Crippen molar-refractivity contribution in [2.24, 2.45) is 0 Å². The minimum Gasteiger partial charge on any atom is -0.490 e. The predicted octanol–water partition coefficient (Wildman–Crippen LogP) is 5.04. The largest absolute Gasteiger partial charge is 0.490 e. The van der Waals surface area contributed by atoms with E-state index in [9.17, 15) is 27.6 Å². The number of imide groups is 1. The highest BCUT2D eigenvalue weighted by Crippen LogP contribution is 2.31. The molecule has 0 bridgehead atoms. The van der Waals surface area contributed by atoms with Crippen LogP contribution in [0.4, 0.5) is 18.0 Å². The minimum atomic E-state index is -5.00. The van der Waals surface area contributed by atoms with E-state index in [-0.39, 0.29) is 48.1 Å². The van der Waals surface area contributed by atoms with Crippen molar-refractivity contribution < 1.29 is 32.3 Å². The number of thioether (sulfide) groups is 1. The topological polar surface area (TPSA) is 81.0 Å². The Hall–Kier alpha value is -2.53. The SMILES string of the molecule is CCCC=C1SC(=O)N(CCCCOc2cccn3c(C(=O)C(F)(F)F)cnc23)C1=O.Cl. The van der Waals surface area contributed by atoms with Crippen LogP contribution in [0.5, 0.6) is 5.75 Å². The Kier molecular flexibility index (Phi) is 8.73. The van der Waals surface area contributed by atoms with Gasteiger partial charge in [0, 0.05) is 12.7 Å². The lowest BCUT2D eigenvalue weighted by Gasteiger charge is -2.12. The molecule has 0 aliphatic carbocycles. The third-order valence-corrected chi connectivity index (χ3v) is 5.47. The molecule has 1 aliphatic heterocycles. The molecule has 12 heteroatoms. The van der Waals surface area contributed by atoms with Gasteiger partial charge in [-0.1, -0.05) is 19.4 Å². The van der Waals surface area contributed by atoms with Crippen LogP contribution in [0.1, 0.15) is 43.1 Å². The number of allylic oxidation sites excluding steroid dienone is 1. The zero-order valence-corrected chi connectivity index (χ0v) is 18.7. The summed E-state index contributed by atoms with van der Waals surface area (Å²) in [5.41, 5.74) is -0.495. The number of pyridine rings is 1. The highest BCUT2D eigenvalue weighted by Gasteiger charge is 2.41. The summed E-state index contributed by atoms with van der Waals surface area (Å²) in [6.45, 7) is 2.45. The molecule has 7 nitrogen and oxygen atoms in total. The number of carbonyl (C=O) groups excluding carboxylic acids is 3. The van der Waals surface area contributed by atoms with Crippen LogP contribution in [0.25, 0.3) is 5.65 Å². The summed E-state index contributed by atoms with van der Waals surface area (Å²) in [6, 6.07) is 3.00. The van der Waals surface area contributed by atoms with Crippen molar-refractivity contribution >= 4 is 46.7 Å². The Morgan fingerprint density at radius 2 is 2.03 bits per heavy atom. The number of halogens is 4. The molecule has 2 amide bonds. The fraction of sp³-hybridized carbons (Fsp3) is 0.400. The molecule has 2 aromatic heterocycles. The molecular weight excluding hydrogens is 471 g/mol. The molecule has 0 unspecified atom stereocenters. The van der Waals surface area contributed by atoms with Gasteiger partial charge in [-0.3, -0.25) is 23.7 Å². The van der Waals surface area contributed by atoms with E-state index < -0.39 is 17.7 Å². The normalized spacial score (nSPS) is 15.5. The van der Waals surface area contributed by atoms with Crippen LogP contribution in [0, 0.1) is 0 Å². The van der Waals surface area contributed by atoms with Crippen molar-refractivity contribution in [2.45, 2.75) is 38.8 Å². The highest BCUT2D eigenvalue weighted by molar-refractivity contribution is 8.18. The van der Waals surface area contributed by atoms with Gasteiger partial charge in [0.1, 0.15) is 5.69 Å². The first-order valence-electron chi connectivity index (χ1n) is 9.68. The summed E-state index contributed by atoms with van der Waals surface area (Å²) in [4.78, 5) is 41.3. The maximum Gasteiger partial charge on any atom is 0.456 e. The zero-order chi connectivity index (χ0) is 22.6. The Balaban J connectivity index is 0.00000363. The number of rotatable bonds is 9. The maximum atomic E-state index is 12.7. The van der Waals surface area contributed by atoms with E-state index in [1.165, 1.54) is 17.2 Å². The summed E-state index contributed by atoms with van der Waals surface area (Å²) in [5.74, 6) is -2.03. The van der Waals surface area contributed by atoms with Gasteiger partial charge in [0.15, 0.2) is 11.4 Å². The van der Waals surface area contributed by atoms with Gasteiger partial charge < -0.3 is 4.74 Å². The Bertz CT molecular complexity index is 1040. The Morgan fingerprint density at radius 1 is 1.28 bits per heavy atom. The molecule has 3 rings (SSSR count). The van der Waals surface area contributed by atoms with Gasteiger partial charge in [-0.2, -0.15) is 13.2 Å². The number of hydrogen-bond donors (Lipinski definition) is 0. The van der Waals surface area contributed by atoms with Crippen LogP contribution in [-0.2, 0) is 4.79 Å². The molecule has 2 aromatic rings. The summed E-state index contributed by atoms with van der Waals surface area (Å²) in [6.07, 6.45) is 1.58. The number of fused-ring (bicyclic) bond motifs is 1. The van der Waals surface area contributed by atoms with Crippen LogP contribution in [0.2, 0.25) is 0 Å². The minimum absolute atomic E-state index is 0. The second-order valence-electron chi connectivity index (χ2n) is 6.77. The van der Waals surface area contributed by atoms with Gasteiger partial charge in [-0.15, -0.1) is 12.4 Å². The number of amides is 2. The molecule has 3 heterocycles. The molecule has 1 saturated heterocycles. The van der Waals surface area contributed by atoms with Crippen LogP contribution >= 0.6 is 24.2 Å². The third-order valence-electron chi connectivity index (χ3n) is 4.52. The average Bonchev–Trinajstić information content (AvgIpc) is 3.27. The van der Waals surface area contributed by atoms with E-state index in [2.05, 4.69) is 4.98 Å². The third kappa shape index (κ3) is 5.63. The molecule has 174 valence electrons. The summed E-state index contributed by atoms with van der Waals surface area (Å²) in [7, 11) is 0. The quantitative estimate of drug-likeness (QED) is 0.278. The fourth-order valence-electron chi connectivity index (χ4n) is 2.97. The fourth-order valence-corrected chi connectivity index (χ4v) is 3.84. The molecule has 0 N–H and O–H groups in total. The monoisotopic (exact) mass is 491 g/mol. The molecule has 0 radical (unpaired) electrons. The van der Waals surface area contributed by atoms with Crippen LogP contribution < -0.4 is 4.74 Å². The predicted molar refractivity (Wildman–Crippen MR) is 115 cm³/mol. The van der Waals surface area contributed by atoms with E-state index >= 15 is 0 Å². The van der Waals surface area contributed by atoms with Crippen molar-refractivity contribution in [3.8, 4) is 5.75 Å². The number of Topliss-reactive ketones (excluding diaryl/α,β-unsaturated/α-hetero) is 1. The molecule has 1 aliphatic rings. The average molecular weight is 492 g/mol. The Labute approximate surface area is 192 Å². The summed E-state index contributed by atoms with van der Waals surface area (Å²) in [5, 5.41) is -0.294. The Morgan fingerprint density at radius 3 is 2.72 bits per heavy atom. The maximum absolute atomic E-state index is 12.7. The first-order valence-corrected chi connectivity index (χ1v) is 10.5. The van der Waals surface area contributed by atoms with Gasteiger partial charge in [0.2, 0.25) is 0 Å². The van der Waals surface area contributed by atoms with Crippen molar-refractivity contribution in [3.05, 3.63) is 41.2 Å². The smallest absolute Gasteiger partial charge is 0.456 e. The number of alkyl halides is 3. The lowest BCUT2D eigenvalue weighted by atomic mass is 10.3. The highest BCUT2D eigenvalue weighted by atomic mass is 35.5. The molecule has 1 fully saturated rings. The van der Waals surface area contributed by atoms with E-state index in [4.69, 9.17) is 4.74 Å². The van der Waals surface area contributed by atoms with E-state index in [0.717, 1.165) is 35.2 Å². The number of nitrogens with zero attached hydrogens (tertiary/aromatic N) is 3. The van der Waals surface area contributed by atoms with Gasteiger partial charge >= 0.3 is 6.18 Å².